The predicted octanol–water partition coefficient (Wildman–Crippen LogP) is 1.80. The van der Waals surface area contributed by atoms with Gasteiger partial charge < -0.3 is 14.9 Å². The summed E-state index contributed by atoms with van der Waals surface area (Å²) in [5.74, 6) is -1.31. The molecule has 1 amide bonds. The minimum atomic E-state index is -0.960. The van der Waals surface area contributed by atoms with Crippen molar-refractivity contribution in [2.45, 2.75) is 44.8 Å². The molecule has 1 aromatic carbocycles. The molecule has 0 aromatic heterocycles. The van der Waals surface area contributed by atoms with Crippen LogP contribution >= 0.6 is 0 Å². The quantitative estimate of drug-likeness (QED) is 0.835. The highest BCUT2D eigenvalue weighted by atomic mass is 19.1. The first kappa shape index (κ1) is 18.6. The monoisotopic (exact) mass is 363 g/mol. The van der Waals surface area contributed by atoms with Crippen molar-refractivity contribution in [1.29, 1.82) is 0 Å². The van der Waals surface area contributed by atoms with Crippen molar-refractivity contribution in [3.05, 3.63) is 30.1 Å². The molecule has 1 aliphatic heterocycles. The van der Waals surface area contributed by atoms with Crippen LogP contribution in [0, 0.1) is 5.82 Å². The van der Waals surface area contributed by atoms with Crippen LogP contribution in [0.3, 0.4) is 0 Å². The number of hydrogen-bond donors (Lipinski definition) is 1. The van der Waals surface area contributed by atoms with Gasteiger partial charge in [-0.3, -0.25) is 9.69 Å². The number of carboxylic acids is 1. The summed E-state index contributed by atoms with van der Waals surface area (Å²) in [6.07, 6.45) is 1.77. The van der Waals surface area contributed by atoms with Crippen LogP contribution in [-0.2, 0) is 9.59 Å². The Hall–Kier alpha value is -2.15. The number of halogens is 1. The summed E-state index contributed by atoms with van der Waals surface area (Å²) in [5, 5.41) is 9.31. The van der Waals surface area contributed by atoms with E-state index in [0.717, 1.165) is 31.6 Å². The molecule has 1 aliphatic carbocycles. The summed E-state index contributed by atoms with van der Waals surface area (Å²) in [4.78, 5) is 30.1. The van der Waals surface area contributed by atoms with E-state index in [1.807, 2.05) is 6.92 Å². The molecule has 1 heterocycles. The third-order valence-electron chi connectivity index (χ3n) is 5.38. The zero-order chi connectivity index (χ0) is 18.8. The van der Waals surface area contributed by atoms with Gasteiger partial charge in [0.2, 0.25) is 5.91 Å². The number of aliphatic carboxylic acids is 1. The Morgan fingerprint density at radius 1 is 1.12 bits per heavy atom. The SMILES string of the molecule is CC(C(=O)N(C1CC1)C(C)C(=O)O)N1CCN(c2ccc(F)cc2)CC1. The molecule has 1 saturated heterocycles. The Balaban J connectivity index is 1.60. The maximum atomic E-state index is 13.1. The Morgan fingerprint density at radius 2 is 1.69 bits per heavy atom. The van der Waals surface area contributed by atoms with E-state index in [2.05, 4.69) is 9.80 Å². The van der Waals surface area contributed by atoms with Crippen molar-refractivity contribution in [3.63, 3.8) is 0 Å². The van der Waals surface area contributed by atoms with Crippen LogP contribution in [0.4, 0.5) is 10.1 Å². The van der Waals surface area contributed by atoms with Crippen LogP contribution in [0.1, 0.15) is 26.7 Å². The molecule has 1 saturated carbocycles. The lowest BCUT2D eigenvalue weighted by atomic mass is 10.1. The van der Waals surface area contributed by atoms with E-state index in [4.69, 9.17) is 0 Å². The second-order valence-corrected chi connectivity index (χ2v) is 7.17. The van der Waals surface area contributed by atoms with Gasteiger partial charge in [-0.1, -0.05) is 0 Å². The first-order valence-corrected chi connectivity index (χ1v) is 9.18. The summed E-state index contributed by atoms with van der Waals surface area (Å²) >= 11 is 0. The summed E-state index contributed by atoms with van der Waals surface area (Å²) in [6.45, 7) is 6.37. The van der Waals surface area contributed by atoms with Gasteiger partial charge in [0.05, 0.1) is 6.04 Å². The van der Waals surface area contributed by atoms with Gasteiger partial charge in [0.15, 0.2) is 0 Å². The van der Waals surface area contributed by atoms with Crippen molar-refractivity contribution in [2.75, 3.05) is 31.1 Å². The zero-order valence-electron chi connectivity index (χ0n) is 15.3. The second kappa shape index (κ2) is 7.61. The van der Waals surface area contributed by atoms with Crippen molar-refractivity contribution >= 4 is 17.6 Å². The van der Waals surface area contributed by atoms with Gasteiger partial charge in [-0.05, 0) is 51.0 Å². The van der Waals surface area contributed by atoms with E-state index in [9.17, 15) is 19.1 Å². The van der Waals surface area contributed by atoms with Gasteiger partial charge in [-0.25, -0.2) is 9.18 Å². The Bertz CT molecular complexity index is 654. The largest absolute Gasteiger partial charge is 0.480 e. The van der Waals surface area contributed by atoms with Crippen LogP contribution in [0.15, 0.2) is 24.3 Å². The van der Waals surface area contributed by atoms with E-state index in [1.165, 1.54) is 12.1 Å². The highest BCUT2D eigenvalue weighted by Crippen LogP contribution is 2.30. The number of carboxylic acid groups (broad SMARTS) is 1. The van der Waals surface area contributed by atoms with Gasteiger partial charge in [0.25, 0.3) is 0 Å². The van der Waals surface area contributed by atoms with Crippen LogP contribution in [0.2, 0.25) is 0 Å². The van der Waals surface area contributed by atoms with E-state index in [1.54, 1.807) is 24.0 Å². The minimum absolute atomic E-state index is 0.0663. The van der Waals surface area contributed by atoms with E-state index in [-0.39, 0.29) is 23.8 Å². The second-order valence-electron chi connectivity index (χ2n) is 7.17. The van der Waals surface area contributed by atoms with Gasteiger partial charge in [0, 0.05) is 37.9 Å². The number of nitrogens with zero attached hydrogens (tertiary/aromatic N) is 3. The van der Waals surface area contributed by atoms with Crippen molar-refractivity contribution in [2.24, 2.45) is 0 Å². The number of rotatable bonds is 6. The zero-order valence-corrected chi connectivity index (χ0v) is 15.3. The smallest absolute Gasteiger partial charge is 0.326 e. The average Bonchev–Trinajstić information content (AvgIpc) is 3.47. The van der Waals surface area contributed by atoms with Gasteiger partial charge in [-0.15, -0.1) is 0 Å². The molecule has 6 nitrogen and oxygen atoms in total. The number of carbonyl (C=O) groups excluding carboxylic acids is 1. The summed E-state index contributed by atoms with van der Waals surface area (Å²) in [6, 6.07) is 5.37. The highest BCUT2D eigenvalue weighted by Gasteiger charge is 2.41. The topological polar surface area (TPSA) is 64.1 Å². The number of amides is 1. The minimum Gasteiger partial charge on any atom is -0.480 e. The third kappa shape index (κ3) is 3.98. The Morgan fingerprint density at radius 3 is 2.19 bits per heavy atom. The van der Waals surface area contributed by atoms with Crippen LogP contribution < -0.4 is 4.90 Å². The number of benzene rings is 1. The van der Waals surface area contributed by atoms with Crippen LogP contribution in [0.5, 0.6) is 0 Å². The van der Waals surface area contributed by atoms with Crippen LogP contribution in [-0.4, -0.2) is 71.1 Å². The summed E-state index contributed by atoms with van der Waals surface area (Å²) < 4.78 is 13.1. The first-order valence-electron chi connectivity index (χ1n) is 9.18. The predicted molar refractivity (Wildman–Crippen MR) is 96.6 cm³/mol. The molecule has 2 aliphatic rings. The molecule has 2 atom stereocenters. The van der Waals surface area contributed by atoms with Crippen LogP contribution in [0.25, 0.3) is 0 Å². The van der Waals surface area contributed by atoms with Crippen molar-refractivity contribution < 1.29 is 19.1 Å². The number of hydrogen-bond acceptors (Lipinski definition) is 4. The van der Waals surface area contributed by atoms with E-state index in [0.29, 0.717) is 13.1 Å². The first-order chi connectivity index (χ1) is 12.4. The molecule has 1 N–H and O–H groups in total. The molecular formula is C19H26FN3O3. The third-order valence-corrected chi connectivity index (χ3v) is 5.38. The molecule has 26 heavy (non-hydrogen) atoms. The normalized spacial score (nSPS) is 20.5. The van der Waals surface area contributed by atoms with E-state index < -0.39 is 12.0 Å². The van der Waals surface area contributed by atoms with Crippen molar-refractivity contribution in [1.82, 2.24) is 9.80 Å². The molecule has 0 radical (unpaired) electrons. The molecule has 1 aromatic rings. The molecule has 0 spiro atoms. The molecule has 2 unspecified atom stereocenters. The van der Waals surface area contributed by atoms with Crippen molar-refractivity contribution in [3.8, 4) is 0 Å². The lowest BCUT2D eigenvalue weighted by Gasteiger charge is -2.40. The molecule has 142 valence electrons. The lowest BCUT2D eigenvalue weighted by molar-refractivity contribution is -0.152. The standard InChI is InChI=1S/C19H26FN3O3/c1-13(18(24)23(17-7-8-17)14(2)19(25)26)21-9-11-22(12-10-21)16-5-3-15(20)4-6-16/h3-6,13-14,17H,7-12H2,1-2H3,(H,25,26). The molecule has 3 rings (SSSR count). The summed E-state index contributed by atoms with van der Waals surface area (Å²) in [7, 11) is 0. The van der Waals surface area contributed by atoms with Gasteiger partial charge >= 0.3 is 5.97 Å². The number of piperazine rings is 1. The molecule has 7 heteroatoms. The molecule has 2 fully saturated rings. The number of anilines is 1. The fourth-order valence-corrected chi connectivity index (χ4v) is 3.55. The number of carbonyl (C=O) groups is 2. The average molecular weight is 363 g/mol. The maximum absolute atomic E-state index is 13.1. The maximum Gasteiger partial charge on any atom is 0.326 e. The summed E-state index contributed by atoms with van der Waals surface area (Å²) in [5.41, 5.74) is 0.976. The molecular weight excluding hydrogens is 337 g/mol. The lowest BCUT2D eigenvalue weighted by Crippen LogP contribution is -2.57. The fraction of sp³-hybridized carbons (Fsp3) is 0.579. The van der Waals surface area contributed by atoms with Gasteiger partial charge in [0.1, 0.15) is 11.9 Å². The Labute approximate surface area is 153 Å². The molecule has 0 bridgehead atoms. The Kier molecular flexibility index (Phi) is 5.46. The van der Waals surface area contributed by atoms with Gasteiger partial charge in [-0.2, -0.15) is 0 Å². The fourth-order valence-electron chi connectivity index (χ4n) is 3.55. The highest BCUT2D eigenvalue weighted by molar-refractivity contribution is 5.87. The van der Waals surface area contributed by atoms with E-state index >= 15 is 0 Å².